The predicted octanol–water partition coefficient (Wildman–Crippen LogP) is 4.41. The van der Waals surface area contributed by atoms with Gasteiger partial charge in [0.05, 0.1) is 0 Å². The molecule has 2 heteroatoms. The molecule has 1 heterocycles. The van der Waals surface area contributed by atoms with E-state index in [4.69, 9.17) is 0 Å². The molecule has 0 spiro atoms. The van der Waals surface area contributed by atoms with Gasteiger partial charge in [0.2, 0.25) is 0 Å². The monoisotopic (exact) mass is 280 g/mol. The fourth-order valence-electron chi connectivity index (χ4n) is 3.09. The first-order chi connectivity index (χ1) is 10.1. The first-order valence-electron chi connectivity index (χ1n) is 7.81. The summed E-state index contributed by atoms with van der Waals surface area (Å²) >= 11 is 0. The smallest absolute Gasteiger partial charge is 0.0401 e. The molecule has 0 aliphatic carbocycles. The highest BCUT2D eigenvalue weighted by molar-refractivity contribution is 5.59. The van der Waals surface area contributed by atoms with Crippen LogP contribution in [0.15, 0.2) is 42.5 Å². The van der Waals surface area contributed by atoms with E-state index in [1.54, 1.807) is 0 Å². The zero-order valence-corrected chi connectivity index (χ0v) is 13.2. The van der Waals surface area contributed by atoms with Crippen LogP contribution in [0.25, 0.3) is 0 Å². The van der Waals surface area contributed by atoms with Gasteiger partial charge in [-0.25, -0.2) is 0 Å². The number of rotatable bonds is 4. The first-order valence-corrected chi connectivity index (χ1v) is 7.81. The zero-order valence-electron chi connectivity index (χ0n) is 13.2. The average Bonchev–Trinajstić information content (AvgIpc) is 2.86. The van der Waals surface area contributed by atoms with Crippen LogP contribution in [-0.4, -0.2) is 13.6 Å². The van der Waals surface area contributed by atoms with E-state index in [1.807, 2.05) is 0 Å². The van der Waals surface area contributed by atoms with Crippen molar-refractivity contribution in [2.45, 2.75) is 32.7 Å². The van der Waals surface area contributed by atoms with E-state index in [0.29, 0.717) is 5.92 Å². The minimum atomic E-state index is 0.544. The van der Waals surface area contributed by atoms with Gasteiger partial charge in [-0.05, 0) is 41.2 Å². The summed E-state index contributed by atoms with van der Waals surface area (Å²) in [5, 5.41) is 3.60. The molecule has 3 rings (SSSR count). The summed E-state index contributed by atoms with van der Waals surface area (Å²) in [6.07, 6.45) is 1.17. The second kappa shape index (κ2) is 5.80. The Labute approximate surface area is 127 Å². The van der Waals surface area contributed by atoms with Gasteiger partial charge in [-0.3, -0.25) is 0 Å². The lowest BCUT2D eigenvalue weighted by atomic mass is 10.0. The molecule has 0 saturated carbocycles. The van der Waals surface area contributed by atoms with Crippen LogP contribution in [0.2, 0.25) is 0 Å². The summed E-state index contributed by atoms with van der Waals surface area (Å²) in [5.41, 5.74) is 6.88. The molecule has 0 aromatic heterocycles. The van der Waals surface area contributed by atoms with Crippen molar-refractivity contribution in [3.8, 4) is 0 Å². The highest BCUT2D eigenvalue weighted by atomic mass is 15.1. The van der Waals surface area contributed by atoms with E-state index in [0.717, 1.165) is 13.1 Å². The average molecular weight is 280 g/mol. The molecule has 110 valence electrons. The number of hydrogen-bond donors (Lipinski definition) is 1. The van der Waals surface area contributed by atoms with Gasteiger partial charge in [0.25, 0.3) is 0 Å². The summed E-state index contributed by atoms with van der Waals surface area (Å²) in [4.78, 5) is 2.33. The molecular formula is C19H24N2. The Hall–Kier alpha value is -1.96. The lowest BCUT2D eigenvalue weighted by molar-refractivity contribution is 0.865. The summed E-state index contributed by atoms with van der Waals surface area (Å²) in [6, 6.07) is 15.5. The van der Waals surface area contributed by atoms with Crippen molar-refractivity contribution in [2.24, 2.45) is 0 Å². The van der Waals surface area contributed by atoms with Crippen molar-refractivity contribution in [2.75, 3.05) is 23.8 Å². The molecule has 0 amide bonds. The lowest BCUT2D eigenvalue weighted by Crippen LogP contribution is -2.12. The highest BCUT2D eigenvalue weighted by Crippen LogP contribution is 2.28. The summed E-state index contributed by atoms with van der Waals surface area (Å²) in [7, 11) is 2.17. The number of nitrogens with zero attached hydrogens (tertiary/aromatic N) is 1. The Balaban J connectivity index is 1.74. The first kappa shape index (κ1) is 14.0. The Kier molecular flexibility index (Phi) is 3.87. The second-order valence-corrected chi connectivity index (χ2v) is 6.23. The maximum absolute atomic E-state index is 3.60. The van der Waals surface area contributed by atoms with Gasteiger partial charge in [-0.15, -0.1) is 0 Å². The SMILES string of the molecule is CC(C)c1ccccc1NCc1ccc2c(c1)CCN2C. The van der Waals surface area contributed by atoms with E-state index in [-0.39, 0.29) is 0 Å². The van der Waals surface area contributed by atoms with E-state index in [9.17, 15) is 0 Å². The molecule has 0 fully saturated rings. The fourth-order valence-corrected chi connectivity index (χ4v) is 3.09. The van der Waals surface area contributed by atoms with Crippen molar-refractivity contribution in [3.63, 3.8) is 0 Å². The van der Waals surface area contributed by atoms with Gasteiger partial charge < -0.3 is 10.2 Å². The molecule has 1 N–H and O–H groups in total. The Bertz CT molecular complexity index is 631. The normalized spacial score (nSPS) is 13.6. The number of likely N-dealkylation sites (N-methyl/N-ethyl adjacent to an activating group) is 1. The molecule has 0 bridgehead atoms. The largest absolute Gasteiger partial charge is 0.381 e. The second-order valence-electron chi connectivity index (χ2n) is 6.23. The number of hydrogen-bond acceptors (Lipinski definition) is 2. The van der Waals surface area contributed by atoms with Crippen LogP contribution in [-0.2, 0) is 13.0 Å². The van der Waals surface area contributed by atoms with E-state index in [1.165, 1.54) is 34.5 Å². The number of anilines is 2. The van der Waals surface area contributed by atoms with Crippen LogP contribution >= 0.6 is 0 Å². The maximum Gasteiger partial charge on any atom is 0.0401 e. The van der Waals surface area contributed by atoms with Gasteiger partial charge in [-0.1, -0.05) is 44.2 Å². The predicted molar refractivity (Wildman–Crippen MR) is 91.3 cm³/mol. The molecule has 0 radical (unpaired) electrons. The number of fused-ring (bicyclic) bond motifs is 1. The molecule has 2 aromatic carbocycles. The molecular weight excluding hydrogens is 256 g/mol. The maximum atomic E-state index is 3.60. The zero-order chi connectivity index (χ0) is 14.8. The van der Waals surface area contributed by atoms with Crippen LogP contribution in [0, 0.1) is 0 Å². The van der Waals surface area contributed by atoms with Crippen molar-refractivity contribution in [1.29, 1.82) is 0 Å². The van der Waals surface area contributed by atoms with E-state index in [2.05, 4.69) is 73.6 Å². The third kappa shape index (κ3) is 2.90. The number of nitrogens with one attached hydrogen (secondary N) is 1. The van der Waals surface area contributed by atoms with Crippen LogP contribution < -0.4 is 10.2 Å². The van der Waals surface area contributed by atoms with Crippen LogP contribution in [0.4, 0.5) is 11.4 Å². The fraction of sp³-hybridized carbons (Fsp3) is 0.368. The molecule has 0 unspecified atom stereocenters. The van der Waals surface area contributed by atoms with Gasteiger partial charge in [0.1, 0.15) is 0 Å². The number of benzene rings is 2. The van der Waals surface area contributed by atoms with Gasteiger partial charge in [-0.2, -0.15) is 0 Å². The van der Waals surface area contributed by atoms with Crippen molar-refractivity contribution in [3.05, 3.63) is 59.2 Å². The quantitative estimate of drug-likeness (QED) is 0.892. The lowest BCUT2D eigenvalue weighted by Gasteiger charge is -2.15. The van der Waals surface area contributed by atoms with Crippen molar-refractivity contribution in [1.82, 2.24) is 0 Å². The minimum absolute atomic E-state index is 0.544. The van der Waals surface area contributed by atoms with Gasteiger partial charge in [0, 0.05) is 31.5 Å². The Morgan fingerprint density at radius 1 is 1.14 bits per heavy atom. The standard InChI is InChI=1S/C19H24N2/c1-14(2)17-6-4-5-7-18(17)20-13-15-8-9-19-16(12-15)10-11-21(19)3/h4-9,12,14,20H,10-11,13H2,1-3H3. The van der Waals surface area contributed by atoms with Gasteiger partial charge >= 0.3 is 0 Å². The molecule has 21 heavy (non-hydrogen) atoms. The van der Waals surface area contributed by atoms with Crippen LogP contribution in [0.5, 0.6) is 0 Å². The molecule has 1 aliphatic heterocycles. The highest BCUT2D eigenvalue weighted by Gasteiger charge is 2.15. The molecule has 2 aromatic rings. The third-order valence-corrected chi connectivity index (χ3v) is 4.34. The molecule has 0 saturated heterocycles. The van der Waals surface area contributed by atoms with Gasteiger partial charge in [0.15, 0.2) is 0 Å². The molecule has 1 aliphatic rings. The van der Waals surface area contributed by atoms with Crippen molar-refractivity contribution >= 4 is 11.4 Å². The Morgan fingerprint density at radius 2 is 1.95 bits per heavy atom. The Morgan fingerprint density at radius 3 is 2.76 bits per heavy atom. The topological polar surface area (TPSA) is 15.3 Å². The summed E-state index contributed by atoms with van der Waals surface area (Å²) in [6.45, 7) is 6.51. The summed E-state index contributed by atoms with van der Waals surface area (Å²) in [5.74, 6) is 0.544. The van der Waals surface area contributed by atoms with Crippen LogP contribution in [0.3, 0.4) is 0 Å². The molecule has 0 atom stereocenters. The minimum Gasteiger partial charge on any atom is -0.381 e. The van der Waals surface area contributed by atoms with E-state index >= 15 is 0 Å². The van der Waals surface area contributed by atoms with E-state index < -0.39 is 0 Å². The van der Waals surface area contributed by atoms with Crippen molar-refractivity contribution < 1.29 is 0 Å². The van der Waals surface area contributed by atoms with Crippen LogP contribution in [0.1, 0.15) is 36.5 Å². The third-order valence-electron chi connectivity index (χ3n) is 4.34. The summed E-state index contributed by atoms with van der Waals surface area (Å²) < 4.78 is 0. The molecule has 2 nitrogen and oxygen atoms in total. The number of para-hydroxylation sites is 1.